The molecule has 6 heteroatoms. The summed E-state index contributed by atoms with van der Waals surface area (Å²) in [5.74, 6) is -0.563. The third-order valence-corrected chi connectivity index (χ3v) is 6.66. The van der Waals surface area contributed by atoms with Gasteiger partial charge < -0.3 is 4.74 Å². The Morgan fingerprint density at radius 1 is 0.857 bits per heavy atom. The Labute approximate surface area is 164 Å². The molecule has 4 rings (SSSR count). The second-order valence-corrected chi connectivity index (χ2v) is 8.93. The summed E-state index contributed by atoms with van der Waals surface area (Å²) in [7, 11) is -0.730. The number of rotatable bonds is 4. The van der Waals surface area contributed by atoms with Crippen LogP contribution >= 0.6 is 0 Å². The molecule has 0 fully saturated rings. The Morgan fingerprint density at radius 2 is 1.43 bits per heavy atom. The first-order valence-electron chi connectivity index (χ1n) is 8.81. The van der Waals surface area contributed by atoms with Crippen molar-refractivity contribution in [2.75, 3.05) is 14.1 Å². The van der Waals surface area contributed by atoms with Gasteiger partial charge in [-0.1, -0.05) is 54.6 Å². The zero-order valence-corrected chi connectivity index (χ0v) is 16.3. The van der Waals surface area contributed by atoms with E-state index in [-0.39, 0.29) is 10.5 Å². The molecule has 0 heterocycles. The summed E-state index contributed by atoms with van der Waals surface area (Å²) in [4.78, 5) is 12.9. The van der Waals surface area contributed by atoms with Crippen molar-refractivity contribution in [1.82, 2.24) is 4.31 Å². The number of sulfonamides is 1. The lowest BCUT2D eigenvalue weighted by molar-refractivity contribution is 0.0385. The standard InChI is InChI=1S/C22H19NO4S/c1-23(2)28(25,26)16-9-7-8-15(14-16)22(24)27-21-19-12-5-3-10-17(19)18-11-4-6-13-20(18)21/h3-14,21H,1-2H3. The van der Waals surface area contributed by atoms with Crippen molar-refractivity contribution in [2.45, 2.75) is 11.0 Å². The van der Waals surface area contributed by atoms with Gasteiger partial charge >= 0.3 is 5.97 Å². The first kappa shape index (κ1) is 18.4. The zero-order chi connectivity index (χ0) is 19.9. The zero-order valence-electron chi connectivity index (χ0n) is 15.5. The average molecular weight is 393 g/mol. The lowest BCUT2D eigenvalue weighted by Crippen LogP contribution is -2.22. The van der Waals surface area contributed by atoms with Crippen molar-refractivity contribution < 1.29 is 17.9 Å². The van der Waals surface area contributed by atoms with E-state index in [2.05, 4.69) is 0 Å². The second kappa shape index (κ2) is 6.89. The van der Waals surface area contributed by atoms with Crippen LogP contribution in [0.5, 0.6) is 0 Å². The molecule has 0 atom stereocenters. The summed E-state index contributed by atoms with van der Waals surface area (Å²) < 4.78 is 31.6. The SMILES string of the molecule is CN(C)S(=O)(=O)c1cccc(C(=O)OC2c3ccccc3-c3ccccc32)c1. The van der Waals surface area contributed by atoms with Gasteiger partial charge in [-0.05, 0) is 29.3 Å². The molecule has 3 aromatic carbocycles. The lowest BCUT2D eigenvalue weighted by Gasteiger charge is -2.16. The number of fused-ring (bicyclic) bond motifs is 3. The third kappa shape index (κ3) is 3.00. The molecule has 5 nitrogen and oxygen atoms in total. The molecule has 0 bridgehead atoms. The molecular weight excluding hydrogens is 374 g/mol. The van der Waals surface area contributed by atoms with Crippen molar-refractivity contribution in [3.05, 3.63) is 89.5 Å². The van der Waals surface area contributed by atoms with Gasteiger partial charge in [0.1, 0.15) is 0 Å². The summed E-state index contributed by atoms with van der Waals surface area (Å²) in [6, 6.07) is 21.6. The largest absolute Gasteiger partial charge is 0.449 e. The molecule has 1 aliphatic carbocycles. The van der Waals surface area contributed by atoms with E-state index in [4.69, 9.17) is 4.74 Å². The van der Waals surface area contributed by atoms with E-state index in [0.29, 0.717) is 0 Å². The summed E-state index contributed by atoms with van der Waals surface area (Å²) in [5.41, 5.74) is 4.13. The van der Waals surface area contributed by atoms with Gasteiger partial charge in [0, 0.05) is 25.2 Å². The van der Waals surface area contributed by atoms with Crippen molar-refractivity contribution in [1.29, 1.82) is 0 Å². The van der Waals surface area contributed by atoms with Crippen LogP contribution in [0.1, 0.15) is 27.6 Å². The maximum Gasteiger partial charge on any atom is 0.339 e. The molecule has 0 radical (unpaired) electrons. The summed E-state index contributed by atoms with van der Waals surface area (Å²) >= 11 is 0. The number of hydrogen-bond acceptors (Lipinski definition) is 4. The van der Waals surface area contributed by atoms with Crippen molar-refractivity contribution in [3.8, 4) is 11.1 Å². The number of hydrogen-bond donors (Lipinski definition) is 0. The molecule has 0 aliphatic heterocycles. The molecule has 0 unspecified atom stereocenters. The van der Waals surface area contributed by atoms with Gasteiger partial charge in [0.05, 0.1) is 10.5 Å². The predicted molar refractivity (Wildman–Crippen MR) is 106 cm³/mol. The molecular formula is C22H19NO4S. The molecule has 0 saturated carbocycles. The molecule has 142 valence electrons. The number of nitrogens with zero attached hydrogens (tertiary/aromatic N) is 1. The Hall–Kier alpha value is -2.96. The molecule has 0 saturated heterocycles. The monoisotopic (exact) mass is 393 g/mol. The van der Waals surface area contributed by atoms with Crippen LogP contribution in [0.25, 0.3) is 11.1 Å². The van der Waals surface area contributed by atoms with Crippen molar-refractivity contribution in [2.24, 2.45) is 0 Å². The Kier molecular flexibility index (Phi) is 4.53. The number of benzene rings is 3. The van der Waals surface area contributed by atoms with E-state index in [0.717, 1.165) is 26.6 Å². The predicted octanol–water partition coefficient (Wildman–Crippen LogP) is 3.86. The molecule has 0 amide bonds. The molecule has 0 spiro atoms. The highest BCUT2D eigenvalue weighted by atomic mass is 32.2. The topological polar surface area (TPSA) is 63.7 Å². The molecule has 28 heavy (non-hydrogen) atoms. The quantitative estimate of drug-likeness (QED) is 0.632. The highest BCUT2D eigenvalue weighted by Crippen LogP contribution is 2.45. The summed E-state index contributed by atoms with van der Waals surface area (Å²) in [5, 5.41) is 0. The second-order valence-electron chi connectivity index (χ2n) is 6.78. The highest BCUT2D eigenvalue weighted by molar-refractivity contribution is 7.89. The lowest BCUT2D eigenvalue weighted by atomic mass is 10.1. The van der Waals surface area contributed by atoms with E-state index in [1.807, 2.05) is 48.5 Å². The van der Waals surface area contributed by atoms with Crippen LogP contribution in [0.3, 0.4) is 0 Å². The smallest absolute Gasteiger partial charge is 0.339 e. The molecule has 1 aliphatic rings. The van der Waals surface area contributed by atoms with Crippen LogP contribution in [0, 0.1) is 0 Å². The normalized spacial score (nSPS) is 13.2. The minimum atomic E-state index is -3.63. The first-order chi connectivity index (χ1) is 13.4. The van der Waals surface area contributed by atoms with Gasteiger partial charge in [0.2, 0.25) is 10.0 Å². The van der Waals surface area contributed by atoms with Crippen LogP contribution in [-0.4, -0.2) is 32.8 Å². The van der Waals surface area contributed by atoms with Gasteiger partial charge in [-0.3, -0.25) is 0 Å². The van der Waals surface area contributed by atoms with Gasteiger partial charge in [0.15, 0.2) is 6.10 Å². The van der Waals surface area contributed by atoms with Crippen LogP contribution in [0.4, 0.5) is 0 Å². The van der Waals surface area contributed by atoms with Crippen LogP contribution in [-0.2, 0) is 14.8 Å². The molecule has 0 aromatic heterocycles. The number of esters is 1. The van der Waals surface area contributed by atoms with Crippen molar-refractivity contribution >= 4 is 16.0 Å². The maximum atomic E-state index is 12.8. The minimum Gasteiger partial charge on any atom is -0.449 e. The van der Waals surface area contributed by atoms with Crippen LogP contribution in [0.2, 0.25) is 0 Å². The first-order valence-corrected chi connectivity index (χ1v) is 10.3. The van der Waals surface area contributed by atoms with Crippen LogP contribution in [0.15, 0.2) is 77.7 Å². The Bertz CT molecular complexity index is 1120. The van der Waals surface area contributed by atoms with Crippen LogP contribution < -0.4 is 0 Å². The highest BCUT2D eigenvalue weighted by Gasteiger charge is 2.31. The number of carbonyl (C=O) groups excluding carboxylic acids is 1. The minimum absolute atomic E-state index is 0.0548. The Balaban J connectivity index is 1.69. The number of ether oxygens (including phenoxy) is 1. The molecule has 3 aromatic rings. The number of carbonyl (C=O) groups is 1. The van der Waals surface area contributed by atoms with Gasteiger partial charge in [-0.25, -0.2) is 17.5 Å². The fourth-order valence-electron chi connectivity index (χ4n) is 3.41. The van der Waals surface area contributed by atoms with E-state index < -0.39 is 22.1 Å². The van der Waals surface area contributed by atoms with Crippen molar-refractivity contribution in [3.63, 3.8) is 0 Å². The van der Waals surface area contributed by atoms with Gasteiger partial charge in [0.25, 0.3) is 0 Å². The van der Waals surface area contributed by atoms with E-state index in [1.165, 1.54) is 26.2 Å². The Morgan fingerprint density at radius 3 is 2.00 bits per heavy atom. The fourth-order valence-corrected chi connectivity index (χ4v) is 4.35. The van der Waals surface area contributed by atoms with E-state index in [1.54, 1.807) is 12.1 Å². The van der Waals surface area contributed by atoms with Gasteiger partial charge in [-0.15, -0.1) is 0 Å². The van der Waals surface area contributed by atoms with E-state index in [9.17, 15) is 13.2 Å². The summed E-state index contributed by atoms with van der Waals surface area (Å²) in [6.07, 6.45) is -0.519. The van der Waals surface area contributed by atoms with E-state index >= 15 is 0 Å². The molecule has 0 N–H and O–H groups in total. The summed E-state index contributed by atoms with van der Waals surface area (Å²) in [6.45, 7) is 0. The fraction of sp³-hybridized carbons (Fsp3) is 0.136. The third-order valence-electron chi connectivity index (χ3n) is 4.85. The average Bonchev–Trinajstić information content (AvgIpc) is 3.02. The van der Waals surface area contributed by atoms with Gasteiger partial charge in [-0.2, -0.15) is 0 Å². The maximum absolute atomic E-state index is 12.8.